The van der Waals surface area contributed by atoms with Crippen LogP contribution in [0.2, 0.25) is 0 Å². The number of hydrogen-bond donors (Lipinski definition) is 5. The number of nitrogens with one attached hydrogen (secondary N) is 3. The normalized spacial score (nSPS) is 19.0. The summed E-state index contributed by atoms with van der Waals surface area (Å²) in [6.45, 7) is 0. The largest absolute Gasteiger partial charge is 0.352 e. The van der Waals surface area contributed by atoms with E-state index in [1.165, 1.54) is 0 Å². The summed E-state index contributed by atoms with van der Waals surface area (Å²) in [7, 11) is -3.67. The molecular weight excluding hydrogens is 244 g/mol. The van der Waals surface area contributed by atoms with Crippen molar-refractivity contribution in [1.29, 1.82) is 0 Å². The van der Waals surface area contributed by atoms with Gasteiger partial charge in [0.2, 0.25) is 0 Å². The summed E-state index contributed by atoms with van der Waals surface area (Å²) in [6.07, 6.45) is -0.326. The fraction of sp³-hybridized carbons (Fsp3) is 0.400. The Bertz CT molecular complexity index is 395. The molecule has 0 aromatic rings. The van der Waals surface area contributed by atoms with Gasteiger partial charge in [-0.25, -0.2) is 9.59 Å². The van der Waals surface area contributed by atoms with Gasteiger partial charge in [0.15, 0.2) is 6.17 Å². The van der Waals surface area contributed by atoms with Crippen LogP contribution in [0.5, 0.6) is 0 Å². The number of carbonyl (C=O) groups excluding carboxylic acids is 3. The average molecular weight is 254 g/mol. The highest BCUT2D eigenvalue weighted by molar-refractivity contribution is 7.85. The fourth-order valence-electron chi connectivity index (χ4n) is 0.661. The molecule has 0 bridgehead atoms. The van der Waals surface area contributed by atoms with Gasteiger partial charge in [-0.05, 0) is 0 Å². The number of urea groups is 2. The molecule has 0 radical (unpaired) electrons. The van der Waals surface area contributed by atoms with Crippen molar-refractivity contribution in [1.82, 2.24) is 16.0 Å². The highest BCUT2D eigenvalue weighted by Crippen LogP contribution is 1.86. The molecule has 1 rings (SSSR count). The molecule has 11 heteroatoms. The zero-order chi connectivity index (χ0) is 12.9. The third-order valence-corrected chi connectivity index (χ3v) is 1.06. The molecule has 1 atom stereocenters. The first-order valence-corrected chi connectivity index (χ1v) is 5.54. The first-order valence-electron chi connectivity index (χ1n) is 3.69. The number of nitrogens with two attached hydrogens (primary N) is 1. The Morgan fingerprint density at radius 2 is 1.94 bits per heavy atom. The summed E-state index contributed by atoms with van der Waals surface area (Å²) in [5.41, 5.74) is 4.70. The van der Waals surface area contributed by atoms with Gasteiger partial charge in [0.1, 0.15) is 0 Å². The van der Waals surface area contributed by atoms with E-state index in [9.17, 15) is 22.8 Å². The van der Waals surface area contributed by atoms with E-state index in [2.05, 4.69) is 5.32 Å². The smallest absolute Gasteiger partial charge is 0.323 e. The zero-order valence-corrected chi connectivity index (χ0v) is 8.87. The summed E-state index contributed by atoms with van der Waals surface area (Å²) in [5.74, 6) is -0.617. The van der Waals surface area contributed by atoms with Crippen LogP contribution in [0.3, 0.4) is 0 Å². The fourth-order valence-corrected chi connectivity index (χ4v) is 0.661. The molecule has 1 fully saturated rings. The Hall–Kier alpha value is -1.88. The Balaban J connectivity index is 0.000000385. The minimum atomic E-state index is -3.67. The van der Waals surface area contributed by atoms with Crippen LogP contribution in [-0.2, 0) is 14.9 Å². The van der Waals surface area contributed by atoms with Crippen molar-refractivity contribution in [3.63, 3.8) is 0 Å². The summed E-state index contributed by atoms with van der Waals surface area (Å²) in [6, 6.07) is -1.51. The molecule has 1 aliphatic rings. The van der Waals surface area contributed by atoms with Gasteiger partial charge < -0.3 is 16.4 Å². The number of primary amides is 1. The topological polar surface area (TPSA) is 168 Å². The van der Waals surface area contributed by atoms with E-state index in [1.807, 2.05) is 10.6 Å². The Morgan fingerprint density at radius 3 is 2.19 bits per heavy atom. The summed E-state index contributed by atoms with van der Waals surface area (Å²) < 4.78 is 25.9. The highest BCUT2D eigenvalue weighted by atomic mass is 32.2. The molecule has 5 amide bonds. The number of carbonyl (C=O) groups is 3. The molecule has 0 spiro atoms. The van der Waals surface area contributed by atoms with Gasteiger partial charge in [-0.15, -0.1) is 0 Å². The van der Waals surface area contributed by atoms with Crippen molar-refractivity contribution in [2.75, 3.05) is 6.26 Å². The second-order valence-corrected chi connectivity index (χ2v) is 4.10. The lowest BCUT2D eigenvalue weighted by Gasteiger charge is -2.05. The van der Waals surface area contributed by atoms with Gasteiger partial charge in [-0.2, -0.15) is 8.42 Å². The predicted octanol–water partition coefficient (Wildman–Crippen LogP) is -2.68. The Kier molecular flexibility index (Phi) is 4.65. The number of imide groups is 1. The van der Waals surface area contributed by atoms with Gasteiger partial charge >= 0.3 is 12.1 Å². The minimum Gasteiger partial charge on any atom is -0.352 e. The molecule has 0 aromatic heterocycles. The lowest BCUT2D eigenvalue weighted by Crippen LogP contribution is -2.48. The van der Waals surface area contributed by atoms with Crippen LogP contribution in [0, 0.1) is 0 Å². The lowest BCUT2D eigenvalue weighted by atomic mass is 10.5. The molecule has 16 heavy (non-hydrogen) atoms. The highest BCUT2D eigenvalue weighted by Gasteiger charge is 2.29. The van der Waals surface area contributed by atoms with Crippen molar-refractivity contribution < 1.29 is 27.4 Å². The monoisotopic (exact) mass is 254 g/mol. The van der Waals surface area contributed by atoms with E-state index < -0.39 is 34.3 Å². The molecule has 1 aliphatic heterocycles. The maximum Gasteiger partial charge on any atom is 0.323 e. The van der Waals surface area contributed by atoms with Crippen LogP contribution in [0.1, 0.15) is 0 Å². The maximum atomic E-state index is 10.7. The Labute approximate surface area is 90.3 Å². The number of hydrogen-bond acceptors (Lipinski definition) is 5. The van der Waals surface area contributed by atoms with Crippen molar-refractivity contribution in [2.45, 2.75) is 6.17 Å². The molecule has 1 heterocycles. The summed E-state index contributed by atoms with van der Waals surface area (Å²) in [4.78, 5) is 31.3. The standard InChI is InChI=1S/C4H6N4O3.CH4O3S/c5-3(10)6-1-2(9)8-4(11)7-1;1-5(2,3)4/h1H,(H3,5,6,10)(H2,7,8,9,11);1H3,(H,2,3,4). The zero-order valence-electron chi connectivity index (χ0n) is 8.05. The van der Waals surface area contributed by atoms with Crippen LogP contribution < -0.4 is 21.7 Å². The molecule has 92 valence electrons. The van der Waals surface area contributed by atoms with Gasteiger partial charge in [0.25, 0.3) is 16.0 Å². The summed E-state index contributed by atoms with van der Waals surface area (Å²) >= 11 is 0. The first-order chi connectivity index (χ1) is 7.09. The molecular formula is C5H10N4O6S. The lowest BCUT2D eigenvalue weighted by molar-refractivity contribution is -0.120. The van der Waals surface area contributed by atoms with Crippen LogP contribution in [0.25, 0.3) is 0 Å². The van der Waals surface area contributed by atoms with Gasteiger partial charge in [-0.1, -0.05) is 0 Å². The van der Waals surface area contributed by atoms with Crippen molar-refractivity contribution in [3.05, 3.63) is 0 Å². The van der Waals surface area contributed by atoms with Crippen molar-refractivity contribution in [2.24, 2.45) is 5.73 Å². The van der Waals surface area contributed by atoms with Crippen molar-refractivity contribution >= 4 is 28.1 Å². The molecule has 1 unspecified atom stereocenters. The minimum absolute atomic E-state index is 0.617. The van der Waals surface area contributed by atoms with Gasteiger partial charge in [-0.3, -0.25) is 14.7 Å². The second-order valence-electron chi connectivity index (χ2n) is 2.64. The number of rotatable bonds is 1. The average Bonchev–Trinajstić information content (AvgIpc) is 2.24. The Morgan fingerprint density at radius 1 is 1.50 bits per heavy atom. The molecule has 0 aliphatic carbocycles. The number of amides is 5. The molecule has 6 N–H and O–H groups in total. The van der Waals surface area contributed by atoms with E-state index in [0.717, 1.165) is 0 Å². The van der Waals surface area contributed by atoms with Crippen molar-refractivity contribution in [3.8, 4) is 0 Å². The van der Waals surface area contributed by atoms with E-state index in [-0.39, 0.29) is 0 Å². The predicted molar refractivity (Wildman–Crippen MR) is 50.7 cm³/mol. The molecule has 1 saturated heterocycles. The van der Waals surface area contributed by atoms with Gasteiger partial charge in [0, 0.05) is 0 Å². The maximum absolute atomic E-state index is 10.7. The van der Waals surface area contributed by atoms with Crippen LogP contribution in [0.4, 0.5) is 9.59 Å². The third-order valence-electron chi connectivity index (χ3n) is 1.06. The van der Waals surface area contributed by atoms with E-state index in [1.54, 1.807) is 0 Å². The SMILES string of the molecule is CS(=O)(=O)O.NC(=O)NC1NC(=O)NC1=O. The molecule has 0 aromatic carbocycles. The van der Waals surface area contributed by atoms with Gasteiger partial charge in [0.05, 0.1) is 6.26 Å². The van der Waals surface area contributed by atoms with E-state index in [4.69, 9.17) is 10.3 Å². The third kappa shape index (κ3) is 7.52. The molecule has 10 nitrogen and oxygen atoms in total. The first kappa shape index (κ1) is 14.1. The van der Waals surface area contributed by atoms with E-state index >= 15 is 0 Å². The van der Waals surface area contributed by atoms with Crippen LogP contribution >= 0.6 is 0 Å². The second kappa shape index (κ2) is 5.27. The van der Waals surface area contributed by atoms with Crippen LogP contribution in [-0.4, -0.2) is 43.4 Å². The van der Waals surface area contributed by atoms with E-state index in [0.29, 0.717) is 6.26 Å². The van der Waals surface area contributed by atoms with Crippen LogP contribution in [0.15, 0.2) is 0 Å². The quantitative estimate of drug-likeness (QED) is 0.252. The molecule has 0 saturated carbocycles. The summed E-state index contributed by atoms with van der Waals surface area (Å²) in [5, 5.41) is 6.05.